The second-order valence-corrected chi connectivity index (χ2v) is 4.14. The average molecular weight is 270 g/mol. The first-order chi connectivity index (χ1) is 7.36. The van der Waals surface area contributed by atoms with Crippen molar-refractivity contribution in [1.29, 1.82) is 0 Å². The van der Waals surface area contributed by atoms with Crippen LogP contribution in [-0.2, 0) is 4.79 Å². The number of nitrogens with zero attached hydrogens (tertiary/aromatic N) is 1. The van der Waals surface area contributed by atoms with Crippen LogP contribution in [0.5, 0.6) is 5.75 Å². The molecule has 2 rings (SSSR count). The maximum atomic E-state index is 10.9. The Bertz CT molecular complexity index is 356. The van der Waals surface area contributed by atoms with Crippen molar-refractivity contribution in [2.24, 2.45) is 0 Å². The summed E-state index contributed by atoms with van der Waals surface area (Å²) in [5.74, 6) is 0.796. The van der Waals surface area contributed by atoms with Crippen LogP contribution in [0.1, 0.15) is 6.42 Å². The Morgan fingerprint density at radius 1 is 1.47 bits per heavy atom. The molecule has 1 aliphatic heterocycles. The van der Waals surface area contributed by atoms with Gasteiger partial charge in [0.1, 0.15) is 5.75 Å². The van der Waals surface area contributed by atoms with Crippen molar-refractivity contribution in [1.82, 2.24) is 0 Å². The number of rotatable bonds is 4. The summed E-state index contributed by atoms with van der Waals surface area (Å²) in [7, 11) is 0. The van der Waals surface area contributed by atoms with Gasteiger partial charge >= 0.3 is 0 Å². The van der Waals surface area contributed by atoms with Gasteiger partial charge in [0.05, 0.1) is 5.69 Å². The summed E-state index contributed by atoms with van der Waals surface area (Å²) in [5.41, 5.74) is 1.01. The molecule has 1 atom stereocenters. The Hall–Kier alpha value is -1.03. The van der Waals surface area contributed by atoms with E-state index in [-0.39, 0.29) is 0 Å². The van der Waals surface area contributed by atoms with Crippen LogP contribution in [-0.4, -0.2) is 24.4 Å². The lowest BCUT2D eigenvalue weighted by Crippen LogP contribution is -2.36. The normalized spacial score (nSPS) is 18.5. The van der Waals surface area contributed by atoms with E-state index in [0.29, 0.717) is 0 Å². The summed E-state index contributed by atoms with van der Waals surface area (Å²) in [5, 5.41) is 0.928. The molecule has 0 N–H and O–H groups in total. The van der Waals surface area contributed by atoms with E-state index in [1.165, 1.54) is 0 Å². The minimum atomic E-state index is -0.457. The first kappa shape index (κ1) is 10.5. The summed E-state index contributed by atoms with van der Waals surface area (Å²) < 4.78 is 5.51. The van der Waals surface area contributed by atoms with E-state index in [1.807, 2.05) is 29.2 Å². The van der Waals surface area contributed by atoms with Crippen molar-refractivity contribution < 1.29 is 9.53 Å². The van der Waals surface area contributed by atoms with Gasteiger partial charge in [-0.3, -0.25) is 4.79 Å². The number of hydrogen-bond acceptors (Lipinski definition) is 3. The molecule has 0 amide bonds. The van der Waals surface area contributed by atoms with Crippen molar-refractivity contribution in [2.75, 3.05) is 16.8 Å². The van der Waals surface area contributed by atoms with Gasteiger partial charge in [-0.2, -0.15) is 0 Å². The Labute approximate surface area is 97.2 Å². The summed E-state index contributed by atoms with van der Waals surface area (Å²) >= 11 is 3.38. The fourth-order valence-corrected chi connectivity index (χ4v) is 1.95. The van der Waals surface area contributed by atoms with E-state index in [0.717, 1.165) is 36.0 Å². The Balaban J connectivity index is 2.21. The molecule has 0 aliphatic carbocycles. The van der Waals surface area contributed by atoms with Crippen LogP contribution in [0.25, 0.3) is 0 Å². The smallest absolute Gasteiger partial charge is 0.229 e. The van der Waals surface area contributed by atoms with Crippen molar-refractivity contribution in [3.8, 4) is 5.75 Å². The highest BCUT2D eigenvalue weighted by Crippen LogP contribution is 2.36. The maximum Gasteiger partial charge on any atom is 0.229 e. The van der Waals surface area contributed by atoms with Crippen molar-refractivity contribution >= 4 is 27.9 Å². The van der Waals surface area contributed by atoms with Crippen LogP contribution in [0.2, 0.25) is 0 Å². The highest BCUT2D eigenvalue weighted by molar-refractivity contribution is 9.09. The predicted molar refractivity (Wildman–Crippen MR) is 62.7 cm³/mol. The molecule has 0 bridgehead atoms. The highest BCUT2D eigenvalue weighted by atomic mass is 79.9. The minimum Gasteiger partial charge on any atom is -0.461 e. The van der Waals surface area contributed by atoms with Crippen molar-refractivity contribution in [3.05, 3.63) is 24.3 Å². The molecule has 0 spiro atoms. The SMILES string of the molecule is O=CC1Oc2ccccc2N1CCCBr. The van der Waals surface area contributed by atoms with E-state index in [2.05, 4.69) is 15.9 Å². The molecule has 0 saturated heterocycles. The molecule has 0 saturated carbocycles. The van der Waals surface area contributed by atoms with E-state index in [4.69, 9.17) is 4.74 Å². The Morgan fingerprint density at radius 3 is 3.00 bits per heavy atom. The lowest BCUT2D eigenvalue weighted by atomic mass is 10.2. The predicted octanol–water partition coefficient (Wildman–Crippen LogP) is 2.20. The zero-order valence-electron chi connectivity index (χ0n) is 8.23. The van der Waals surface area contributed by atoms with Crippen LogP contribution >= 0.6 is 15.9 Å². The molecule has 80 valence electrons. The quantitative estimate of drug-likeness (QED) is 0.620. The van der Waals surface area contributed by atoms with Crippen LogP contribution in [0.3, 0.4) is 0 Å². The number of benzene rings is 1. The zero-order chi connectivity index (χ0) is 10.7. The molecule has 1 unspecified atom stereocenters. The maximum absolute atomic E-state index is 10.9. The molecule has 0 aromatic heterocycles. The molecular formula is C11H12BrNO2. The second kappa shape index (κ2) is 4.66. The molecule has 1 aliphatic rings. The molecule has 4 heteroatoms. The number of anilines is 1. The van der Waals surface area contributed by atoms with Crippen LogP contribution < -0.4 is 9.64 Å². The largest absolute Gasteiger partial charge is 0.461 e. The molecule has 1 aromatic carbocycles. The number of carbonyl (C=O) groups is 1. The second-order valence-electron chi connectivity index (χ2n) is 3.35. The Kier molecular flexibility index (Phi) is 3.26. The average Bonchev–Trinajstić information content (AvgIpc) is 2.64. The topological polar surface area (TPSA) is 29.5 Å². The van der Waals surface area contributed by atoms with Gasteiger partial charge in [0.25, 0.3) is 0 Å². The molecule has 1 aromatic rings. The summed E-state index contributed by atoms with van der Waals surface area (Å²) in [6.45, 7) is 0.825. The zero-order valence-corrected chi connectivity index (χ0v) is 9.81. The van der Waals surface area contributed by atoms with E-state index < -0.39 is 6.23 Å². The standard InChI is InChI=1S/C11H12BrNO2/c12-6-3-7-13-9-4-1-2-5-10(9)15-11(13)8-14/h1-2,4-5,8,11H,3,6-7H2. The number of aldehydes is 1. The number of carbonyl (C=O) groups excluding carboxylic acids is 1. The van der Waals surface area contributed by atoms with Gasteiger partial charge in [0, 0.05) is 11.9 Å². The van der Waals surface area contributed by atoms with E-state index >= 15 is 0 Å². The third kappa shape index (κ3) is 2.00. The minimum absolute atomic E-state index is 0.457. The molecule has 3 nitrogen and oxygen atoms in total. The lowest BCUT2D eigenvalue weighted by Gasteiger charge is -2.20. The van der Waals surface area contributed by atoms with Gasteiger partial charge in [-0.15, -0.1) is 0 Å². The molecule has 0 fully saturated rings. The van der Waals surface area contributed by atoms with E-state index in [1.54, 1.807) is 0 Å². The third-order valence-electron chi connectivity index (χ3n) is 2.38. The third-order valence-corrected chi connectivity index (χ3v) is 2.94. The molecule has 1 heterocycles. The number of fused-ring (bicyclic) bond motifs is 1. The van der Waals surface area contributed by atoms with Gasteiger partial charge in [-0.1, -0.05) is 28.1 Å². The molecular weight excluding hydrogens is 258 g/mol. The van der Waals surface area contributed by atoms with Gasteiger partial charge in [-0.25, -0.2) is 0 Å². The van der Waals surface area contributed by atoms with Gasteiger partial charge < -0.3 is 9.64 Å². The monoisotopic (exact) mass is 269 g/mol. The van der Waals surface area contributed by atoms with Crippen molar-refractivity contribution in [2.45, 2.75) is 12.6 Å². The number of ether oxygens (including phenoxy) is 1. The number of para-hydroxylation sites is 2. The fraction of sp³-hybridized carbons (Fsp3) is 0.364. The highest BCUT2D eigenvalue weighted by Gasteiger charge is 2.29. The molecule has 15 heavy (non-hydrogen) atoms. The fourth-order valence-electron chi connectivity index (χ4n) is 1.70. The van der Waals surface area contributed by atoms with Gasteiger partial charge in [0.15, 0.2) is 6.29 Å². The number of hydrogen-bond donors (Lipinski definition) is 0. The first-order valence-corrected chi connectivity index (χ1v) is 6.02. The van der Waals surface area contributed by atoms with Crippen LogP contribution in [0, 0.1) is 0 Å². The number of alkyl halides is 1. The number of halogens is 1. The summed E-state index contributed by atoms with van der Waals surface area (Å²) in [4.78, 5) is 12.9. The van der Waals surface area contributed by atoms with E-state index in [9.17, 15) is 4.79 Å². The molecule has 0 radical (unpaired) electrons. The Morgan fingerprint density at radius 2 is 2.27 bits per heavy atom. The summed E-state index contributed by atoms with van der Waals surface area (Å²) in [6.07, 6.45) is 1.37. The van der Waals surface area contributed by atoms with Crippen LogP contribution in [0.15, 0.2) is 24.3 Å². The van der Waals surface area contributed by atoms with Crippen LogP contribution in [0.4, 0.5) is 5.69 Å². The summed E-state index contributed by atoms with van der Waals surface area (Å²) in [6, 6.07) is 7.73. The first-order valence-electron chi connectivity index (χ1n) is 4.90. The van der Waals surface area contributed by atoms with Gasteiger partial charge in [0.2, 0.25) is 6.23 Å². The van der Waals surface area contributed by atoms with Crippen molar-refractivity contribution in [3.63, 3.8) is 0 Å². The lowest BCUT2D eigenvalue weighted by molar-refractivity contribution is -0.113. The van der Waals surface area contributed by atoms with Gasteiger partial charge in [-0.05, 0) is 18.6 Å².